The molecule has 1 fully saturated rings. The molecule has 1 saturated heterocycles. The van der Waals surface area contributed by atoms with E-state index in [-0.39, 0.29) is 35.5 Å². The van der Waals surface area contributed by atoms with Gasteiger partial charge in [-0.1, -0.05) is 17.4 Å². The van der Waals surface area contributed by atoms with E-state index in [1.165, 1.54) is 23.5 Å². The van der Waals surface area contributed by atoms with Gasteiger partial charge in [0.2, 0.25) is 5.91 Å². The largest absolute Gasteiger partial charge is 0.376 e. The second-order valence-corrected chi connectivity index (χ2v) is 11.5. The number of amides is 1. The van der Waals surface area contributed by atoms with Gasteiger partial charge in [-0.05, 0) is 74.6 Å². The van der Waals surface area contributed by atoms with Crippen molar-refractivity contribution in [3.8, 4) is 0 Å². The number of hydrogen-bond donors (Lipinski definition) is 0. The molecule has 1 aliphatic rings. The van der Waals surface area contributed by atoms with E-state index in [0.29, 0.717) is 18.3 Å². The van der Waals surface area contributed by atoms with E-state index < -0.39 is 15.7 Å². The second-order valence-electron chi connectivity index (χ2n) is 8.37. The highest BCUT2D eigenvalue weighted by Crippen LogP contribution is 2.33. The van der Waals surface area contributed by atoms with Crippen molar-refractivity contribution in [3.63, 3.8) is 0 Å². The molecule has 0 bridgehead atoms. The standard InChI is InChI=1S/C24H27FN2O4S2/c1-16-7-12-21-23(17(16)2)26-24(32-21)27(15-19-5-3-13-31-19)22(28)6-4-14-33(29,30)20-10-8-18(25)9-11-20/h7-12,19H,3-6,13-15H2,1-2H3. The normalized spacial score (nSPS) is 16.4. The van der Waals surface area contributed by atoms with Crippen LogP contribution in [0.2, 0.25) is 0 Å². The molecule has 9 heteroatoms. The summed E-state index contributed by atoms with van der Waals surface area (Å²) in [7, 11) is -3.59. The molecular weight excluding hydrogens is 463 g/mol. The molecule has 1 atom stereocenters. The highest BCUT2D eigenvalue weighted by Gasteiger charge is 2.27. The smallest absolute Gasteiger partial charge is 0.228 e. The van der Waals surface area contributed by atoms with E-state index >= 15 is 0 Å². The number of halogens is 1. The molecule has 1 aliphatic heterocycles. The molecule has 0 aliphatic carbocycles. The van der Waals surface area contributed by atoms with Gasteiger partial charge in [0.15, 0.2) is 15.0 Å². The monoisotopic (exact) mass is 490 g/mol. The third-order valence-electron chi connectivity index (χ3n) is 5.99. The van der Waals surface area contributed by atoms with Gasteiger partial charge in [-0.15, -0.1) is 0 Å². The predicted octanol–water partition coefficient (Wildman–Crippen LogP) is 4.82. The van der Waals surface area contributed by atoms with Crippen LogP contribution in [0.25, 0.3) is 10.2 Å². The molecule has 6 nitrogen and oxygen atoms in total. The van der Waals surface area contributed by atoms with Crippen LogP contribution in [0.4, 0.5) is 9.52 Å². The number of ether oxygens (including phenoxy) is 1. The lowest BCUT2D eigenvalue weighted by atomic mass is 10.1. The van der Waals surface area contributed by atoms with Crippen LogP contribution >= 0.6 is 11.3 Å². The van der Waals surface area contributed by atoms with Crippen molar-refractivity contribution < 1.29 is 22.3 Å². The third kappa shape index (κ3) is 5.42. The fraction of sp³-hybridized carbons (Fsp3) is 0.417. The molecule has 0 radical (unpaired) electrons. The first-order chi connectivity index (χ1) is 15.7. The Morgan fingerprint density at radius 1 is 1.21 bits per heavy atom. The first-order valence-corrected chi connectivity index (χ1v) is 13.5. The Morgan fingerprint density at radius 3 is 2.67 bits per heavy atom. The number of nitrogens with zero attached hydrogens (tertiary/aromatic N) is 2. The van der Waals surface area contributed by atoms with Crippen LogP contribution in [0.5, 0.6) is 0 Å². The maximum atomic E-state index is 13.2. The molecule has 33 heavy (non-hydrogen) atoms. The molecule has 3 aromatic rings. The number of aryl methyl sites for hydroxylation is 2. The van der Waals surface area contributed by atoms with Crippen LogP contribution in [0, 0.1) is 19.7 Å². The Morgan fingerprint density at radius 2 is 1.97 bits per heavy atom. The zero-order chi connectivity index (χ0) is 23.6. The minimum Gasteiger partial charge on any atom is -0.376 e. The maximum Gasteiger partial charge on any atom is 0.228 e. The van der Waals surface area contributed by atoms with Gasteiger partial charge >= 0.3 is 0 Å². The maximum absolute atomic E-state index is 13.2. The SMILES string of the molecule is Cc1ccc2sc(N(CC3CCCO3)C(=O)CCCS(=O)(=O)c3ccc(F)cc3)nc2c1C. The first kappa shape index (κ1) is 23.8. The van der Waals surface area contributed by atoms with Crippen molar-refractivity contribution in [2.24, 2.45) is 0 Å². The van der Waals surface area contributed by atoms with Crippen molar-refractivity contribution in [1.82, 2.24) is 4.98 Å². The predicted molar refractivity (Wildman–Crippen MR) is 128 cm³/mol. The van der Waals surface area contributed by atoms with E-state index in [4.69, 9.17) is 9.72 Å². The Bertz CT molecular complexity index is 1250. The number of benzene rings is 2. The summed E-state index contributed by atoms with van der Waals surface area (Å²) in [6.45, 7) is 5.14. The molecule has 0 saturated carbocycles. The second kappa shape index (κ2) is 9.87. The summed E-state index contributed by atoms with van der Waals surface area (Å²) in [5.41, 5.74) is 3.12. The highest BCUT2D eigenvalue weighted by atomic mass is 32.2. The summed E-state index contributed by atoms with van der Waals surface area (Å²) >= 11 is 1.46. The van der Waals surface area contributed by atoms with Crippen molar-refractivity contribution in [3.05, 3.63) is 53.3 Å². The molecule has 2 heterocycles. The van der Waals surface area contributed by atoms with E-state index in [1.54, 1.807) is 4.90 Å². The number of carbonyl (C=O) groups excluding carboxylic acids is 1. The van der Waals surface area contributed by atoms with E-state index in [1.807, 2.05) is 26.0 Å². The third-order valence-corrected chi connectivity index (χ3v) is 8.85. The molecule has 176 valence electrons. The summed E-state index contributed by atoms with van der Waals surface area (Å²) in [4.78, 5) is 19.7. The van der Waals surface area contributed by atoms with Gasteiger partial charge in [-0.3, -0.25) is 9.69 Å². The van der Waals surface area contributed by atoms with Gasteiger partial charge in [0.25, 0.3) is 0 Å². The van der Waals surface area contributed by atoms with Crippen molar-refractivity contribution in [2.75, 3.05) is 23.8 Å². The number of carbonyl (C=O) groups is 1. The molecule has 2 aromatic carbocycles. The molecule has 1 amide bonds. The number of anilines is 1. The Hall–Kier alpha value is -2.36. The van der Waals surface area contributed by atoms with E-state index in [9.17, 15) is 17.6 Å². The molecule has 1 unspecified atom stereocenters. The lowest BCUT2D eigenvalue weighted by molar-refractivity contribution is -0.119. The molecule has 4 rings (SSSR count). The Kier molecular flexibility index (Phi) is 7.11. The van der Waals surface area contributed by atoms with Gasteiger partial charge in [0.05, 0.1) is 33.5 Å². The van der Waals surface area contributed by atoms with Crippen LogP contribution in [-0.4, -0.2) is 44.3 Å². The van der Waals surface area contributed by atoms with Gasteiger partial charge in [0.1, 0.15) is 5.82 Å². The van der Waals surface area contributed by atoms with Crippen molar-refractivity contribution >= 4 is 42.4 Å². The summed E-state index contributed by atoms with van der Waals surface area (Å²) in [6, 6.07) is 8.81. The number of thiazole rings is 1. The number of aromatic nitrogens is 1. The summed E-state index contributed by atoms with van der Waals surface area (Å²) in [5, 5.41) is 0.612. The van der Waals surface area contributed by atoms with Crippen LogP contribution in [0.1, 0.15) is 36.8 Å². The fourth-order valence-corrected chi connectivity index (χ4v) is 6.28. The van der Waals surface area contributed by atoms with Crippen LogP contribution in [-0.2, 0) is 19.4 Å². The Balaban J connectivity index is 1.50. The summed E-state index contributed by atoms with van der Waals surface area (Å²) in [5.74, 6) is -0.848. The molecule has 0 N–H and O–H groups in total. The number of sulfone groups is 1. The Labute approximate surface area is 197 Å². The summed E-state index contributed by atoms with van der Waals surface area (Å²) < 4.78 is 45.0. The van der Waals surface area contributed by atoms with Gasteiger partial charge in [-0.2, -0.15) is 0 Å². The van der Waals surface area contributed by atoms with Gasteiger partial charge in [-0.25, -0.2) is 17.8 Å². The van der Waals surface area contributed by atoms with Crippen LogP contribution in [0.15, 0.2) is 41.3 Å². The van der Waals surface area contributed by atoms with Crippen molar-refractivity contribution in [2.45, 2.75) is 50.5 Å². The average molecular weight is 491 g/mol. The first-order valence-electron chi connectivity index (χ1n) is 11.0. The van der Waals surface area contributed by atoms with E-state index in [0.717, 1.165) is 46.3 Å². The lowest BCUT2D eigenvalue weighted by Crippen LogP contribution is -2.37. The zero-order valence-electron chi connectivity index (χ0n) is 18.7. The lowest BCUT2D eigenvalue weighted by Gasteiger charge is -2.23. The topological polar surface area (TPSA) is 76.6 Å². The highest BCUT2D eigenvalue weighted by molar-refractivity contribution is 7.91. The summed E-state index contributed by atoms with van der Waals surface area (Å²) in [6.07, 6.45) is 2.03. The number of fused-ring (bicyclic) bond motifs is 1. The quantitative estimate of drug-likeness (QED) is 0.423. The minimum atomic E-state index is -3.59. The molecular formula is C24H27FN2O4S2. The van der Waals surface area contributed by atoms with Crippen LogP contribution in [0.3, 0.4) is 0 Å². The van der Waals surface area contributed by atoms with E-state index in [2.05, 4.69) is 0 Å². The van der Waals surface area contributed by atoms with Crippen molar-refractivity contribution in [1.29, 1.82) is 0 Å². The number of hydrogen-bond acceptors (Lipinski definition) is 6. The zero-order valence-corrected chi connectivity index (χ0v) is 20.3. The minimum absolute atomic E-state index is 0.0493. The number of rotatable bonds is 8. The van der Waals surface area contributed by atoms with Gasteiger partial charge in [0, 0.05) is 13.0 Å². The average Bonchev–Trinajstić information content (AvgIpc) is 3.45. The fourth-order valence-electron chi connectivity index (χ4n) is 3.92. The molecule has 1 aromatic heterocycles. The molecule has 0 spiro atoms. The van der Waals surface area contributed by atoms with Crippen LogP contribution < -0.4 is 4.90 Å². The van der Waals surface area contributed by atoms with Gasteiger partial charge < -0.3 is 4.74 Å².